The van der Waals surface area contributed by atoms with Crippen molar-refractivity contribution < 1.29 is 5.11 Å². The van der Waals surface area contributed by atoms with Gasteiger partial charge in [0, 0.05) is 6.54 Å². The van der Waals surface area contributed by atoms with Crippen LogP contribution in [0.1, 0.15) is 12.0 Å². The predicted octanol–water partition coefficient (Wildman–Crippen LogP) is -0.498. The summed E-state index contributed by atoms with van der Waals surface area (Å²) in [7, 11) is 3.86. The first kappa shape index (κ1) is 12.5. The first-order valence-electron chi connectivity index (χ1n) is 5.11. The average Bonchev–Trinajstić information content (AvgIpc) is 2.19. The van der Waals surface area contributed by atoms with Crippen LogP contribution >= 0.6 is 0 Å². The van der Waals surface area contributed by atoms with Crippen molar-refractivity contribution in [2.24, 2.45) is 0 Å². The lowest BCUT2D eigenvalue weighted by Crippen LogP contribution is -2.32. The molecule has 0 saturated carbocycles. The quantitative estimate of drug-likeness (QED) is 0.727. The molecule has 0 radical (unpaired) electrons. The molecule has 0 aliphatic heterocycles. The molecule has 0 saturated heterocycles. The average molecular weight is 227 g/mol. The SMILES string of the molecule is Cc1c(O)n(CCCN(C)C)c(=O)[nH]c1=O. The van der Waals surface area contributed by atoms with E-state index in [2.05, 4.69) is 4.98 Å². The van der Waals surface area contributed by atoms with Crippen LogP contribution in [0.4, 0.5) is 0 Å². The Morgan fingerprint density at radius 2 is 2.00 bits per heavy atom. The highest BCUT2D eigenvalue weighted by Crippen LogP contribution is 2.08. The van der Waals surface area contributed by atoms with Crippen LogP contribution in [0.25, 0.3) is 0 Å². The molecule has 1 heterocycles. The van der Waals surface area contributed by atoms with Crippen molar-refractivity contribution in [3.8, 4) is 5.88 Å². The summed E-state index contributed by atoms with van der Waals surface area (Å²) < 4.78 is 1.18. The molecule has 0 atom stereocenters. The van der Waals surface area contributed by atoms with Gasteiger partial charge in [-0.25, -0.2) is 4.79 Å². The Bertz CT molecular complexity index is 473. The lowest BCUT2D eigenvalue weighted by molar-refractivity contribution is 0.356. The monoisotopic (exact) mass is 227 g/mol. The van der Waals surface area contributed by atoms with E-state index in [0.717, 1.165) is 13.0 Å². The lowest BCUT2D eigenvalue weighted by atomic mass is 10.3. The summed E-state index contributed by atoms with van der Waals surface area (Å²) >= 11 is 0. The molecule has 6 heteroatoms. The van der Waals surface area contributed by atoms with E-state index in [9.17, 15) is 14.7 Å². The molecule has 0 unspecified atom stereocenters. The van der Waals surface area contributed by atoms with Gasteiger partial charge in [-0.15, -0.1) is 0 Å². The molecule has 0 aromatic carbocycles. The van der Waals surface area contributed by atoms with E-state index in [1.165, 1.54) is 11.5 Å². The van der Waals surface area contributed by atoms with Gasteiger partial charge in [-0.2, -0.15) is 0 Å². The molecule has 1 rings (SSSR count). The van der Waals surface area contributed by atoms with Crippen molar-refractivity contribution in [2.75, 3.05) is 20.6 Å². The standard InChI is InChI=1S/C10H17N3O3/c1-7-8(14)11-10(16)13(9(7)15)6-4-5-12(2)3/h15H,4-6H2,1-3H3,(H,11,14,16). The summed E-state index contributed by atoms with van der Waals surface area (Å²) in [4.78, 5) is 26.7. The normalized spacial score (nSPS) is 11.0. The van der Waals surface area contributed by atoms with Crippen molar-refractivity contribution in [3.05, 3.63) is 26.4 Å². The number of rotatable bonds is 4. The first-order valence-corrected chi connectivity index (χ1v) is 5.11. The van der Waals surface area contributed by atoms with E-state index in [-0.39, 0.29) is 11.4 Å². The third kappa shape index (κ3) is 2.73. The van der Waals surface area contributed by atoms with Crippen molar-refractivity contribution >= 4 is 0 Å². The van der Waals surface area contributed by atoms with Gasteiger partial charge < -0.3 is 10.0 Å². The van der Waals surface area contributed by atoms with E-state index in [4.69, 9.17) is 0 Å². The van der Waals surface area contributed by atoms with E-state index in [1.807, 2.05) is 19.0 Å². The van der Waals surface area contributed by atoms with Crippen molar-refractivity contribution in [3.63, 3.8) is 0 Å². The van der Waals surface area contributed by atoms with Crippen LogP contribution in [0.3, 0.4) is 0 Å². The Labute approximate surface area is 93.1 Å². The summed E-state index contributed by atoms with van der Waals surface area (Å²) in [5, 5.41) is 9.65. The highest BCUT2D eigenvalue weighted by molar-refractivity contribution is 5.20. The van der Waals surface area contributed by atoms with Crippen LogP contribution in [-0.2, 0) is 6.54 Å². The number of aromatic nitrogens is 2. The van der Waals surface area contributed by atoms with Crippen LogP contribution in [0.5, 0.6) is 5.88 Å². The number of aromatic amines is 1. The summed E-state index contributed by atoms with van der Waals surface area (Å²) in [6, 6.07) is 0. The van der Waals surface area contributed by atoms with Crippen LogP contribution in [0.2, 0.25) is 0 Å². The maximum Gasteiger partial charge on any atom is 0.331 e. The van der Waals surface area contributed by atoms with Gasteiger partial charge in [-0.05, 0) is 34.0 Å². The van der Waals surface area contributed by atoms with E-state index >= 15 is 0 Å². The minimum atomic E-state index is -0.563. The molecule has 1 aromatic rings. The molecular weight excluding hydrogens is 210 g/mol. The lowest BCUT2D eigenvalue weighted by Gasteiger charge is -2.12. The van der Waals surface area contributed by atoms with Gasteiger partial charge in [0.2, 0.25) is 5.88 Å². The molecule has 1 aromatic heterocycles. The van der Waals surface area contributed by atoms with Crippen LogP contribution in [-0.4, -0.2) is 40.2 Å². The zero-order valence-electron chi connectivity index (χ0n) is 9.78. The Hall–Kier alpha value is -1.56. The number of nitrogens with zero attached hydrogens (tertiary/aromatic N) is 2. The first-order chi connectivity index (χ1) is 7.43. The van der Waals surface area contributed by atoms with Crippen LogP contribution in [0, 0.1) is 6.92 Å². The number of H-pyrrole nitrogens is 1. The highest BCUT2D eigenvalue weighted by Gasteiger charge is 2.09. The maximum absolute atomic E-state index is 11.4. The second-order valence-electron chi connectivity index (χ2n) is 4.02. The summed E-state index contributed by atoms with van der Waals surface area (Å²) in [6.07, 6.45) is 0.728. The number of hydrogen-bond acceptors (Lipinski definition) is 4. The smallest absolute Gasteiger partial charge is 0.331 e. The van der Waals surface area contributed by atoms with Gasteiger partial charge in [0.15, 0.2) is 0 Å². The molecule has 0 fully saturated rings. The fourth-order valence-electron chi connectivity index (χ4n) is 1.41. The zero-order valence-corrected chi connectivity index (χ0v) is 9.78. The third-order valence-corrected chi connectivity index (χ3v) is 2.38. The zero-order chi connectivity index (χ0) is 12.3. The highest BCUT2D eigenvalue weighted by atomic mass is 16.3. The minimum Gasteiger partial charge on any atom is -0.494 e. The molecule has 6 nitrogen and oxygen atoms in total. The topological polar surface area (TPSA) is 78.3 Å². The van der Waals surface area contributed by atoms with Crippen molar-refractivity contribution in [1.29, 1.82) is 0 Å². The van der Waals surface area contributed by atoms with Gasteiger partial charge in [-0.1, -0.05) is 0 Å². The molecule has 2 N–H and O–H groups in total. The Morgan fingerprint density at radius 3 is 2.56 bits per heavy atom. The van der Waals surface area contributed by atoms with Gasteiger partial charge in [0.25, 0.3) is 5.56 Å². The van der Waals surface area contributed by atoms with Gasteiger partial charge in [0.05, 0.1) is 5.56 Å². The Morgan fingerprint density at radius 1 is 1.38 bits per heavy atom. The second kappa shape index (κ2) is 4.98. The number of aromatic hydroxyl groups is 1. The molecule has 0 aliphatic rings. The molecular formula is C10H17N3O3. The summed E-state index contributed by atoms with van der Waals surface area (Å²) in [5.74, 6) is -0.243. The molecule has 0 bridgehead atoms. The van der Waals surface area contributed by atoms with Gasteiger partial charge in [-0.3, -0.25) is 14.3 Å². The number of nitrogens with one attached hydrogen (secondary N) is 1. The Kier molecular flexibility index (Phi) is 3.89. The van der Waals surface area contributed by atoms with Crippen LogP contribution < -0.4 is 11.2 Å². The second-order valence-corrected chi connectivity index (χ2v) is 4.02. The maximum atomic E-state index is 11.4. The third-order valence-electron chi connectivity index (χ3n) is 2.38. The molecule has 0 amide bonds. The van der Waals surface area contributed by atoms with Crippen LogP contribution in [0.15, 0.2) is 9.59 Å². The van der Waals surface area contributed by atoms with E-state index in [0.29, 0.717) is 6.54 Å². The van der Waals surface area contributed by atoms with Crippen molar-refractivity contribution in [1.82, 2.24) is 14.5 Å². The largest absolute Gasteiger partial charge is 0.494 e. The molecule has 0 aliphatic carbocycles. The number of hydrogen-bond donors (Lipinski definition) is 2. The van der Waals surface area contributed by atoms with E-state index in [1.54, 1.807) is 0 Å². The minimum absolute atomic E-state index is 0.171. The van der Waals surface area contributed by atoms with E-state index < -0.39 is 11.2 Å². The summed E-state index contributed by atoms with van der Waals surface area (Å²) in [6.45, 7) is 2.68. The molecule has 16 heavy (non-hydrogen) atoms. The van der Waals surface area contributed by atoms with Gasteiger partial charge in [0.1, 0.15) is 0 Å². The summed E-state index contributed by atoms with van der Waals surface area (Å²) in [5.41, 5.74) is -0.928. The fraction of sp³-hybridized carbons (Fsp3) is 0.600. The van der Waals surface area contributed by atoms with Crippen molar-refractivity contribution in [2.45, 2.75) is 19.9 Å². The molecule has 90 valence electrons. The Balaban J connectivity index is 2.93. The van der Waals surface area contributed by atoms with Gasteiger partial charge >= 0.3 is 5.69 Å². The molecule has 0 spiro atoms. The predicted molar refractivity (Wildman–Crippen MR) is 60.9 cm³/mol. The fourth-order valence-corrected chi connectivity index (χ4v) is 1.41.